The van der Waals surface area contributed by atoms with E-state index in [9.17, 15) is 4.79 Å². The van der Waals surface area contributed by atoms with Crippen LogP contribution in [0.25, 0.3) is 0 Å². The molecule has 0 aromatic rings. The normalized spacial score (nSPS) is 10.6. The molecule has 74 valence electrons. The third-order valence-corrected chi connectivity index (χ3v) is 4.46. The summed E-state index contributed by atoms with van der Waals surface area (Å²) in [5, 5.41) is 1.69. The molecular weight excluding hydrogens is 244 g/mol. The molecule has 0 spiro atoms. The summed E-state index contributed by atoms with van der Waals surface area (Å²) in [6.45, 7) is 10.1. The molecule has 0 fully saturated rings. The molecule has 0 aliphatic rings. The molecule has 1 nitrogen and oxygen atoms in total. The maximum atomic E-state index is 11.3. The van der Waals surface area contributed by atoms with Crippen LogP contribution in [0.15, 0.2) is 16.5 Å². The van der Waals surface area contributed by atoms with Crippen LogP contribution in [0.3, 0.4) is 0 Å². The Morgan fingerprint density at radius 3 is 2.00 bits per heavy atom. The maximum Gasteiger partial charge on any atom is 0.159 e. The van der Waals surface area contributed by atoms with Crippen LogP contribution in [-0.4, -0.2) is 19.2 Å². The number of Topliss-reactive ketones (excluding diaryl/α,β-unsaturated/α-hetero) is 1. The largest absolute Gasteiger partial charge is 0.295 e. The summed E-state index contributed by atoms with van der Waals surface area (Å²) < 4.78 is 0. The van der Waals surface area contributed by atoms with Crippen LogP contribution < -0.4 is 0 Å². The molecule has 0 aromatic heterocycles. The van der Waals surface area contributed by atoms with Gasteiger partial charge in [-0.15, -0.1) is 5.73 Å². The first-order chi connectivity index (χ1) is 5.79. The Balaban J connectivity index is 5.30. The zero-order valence-corrected chi connectivity index (χ0v) is 11.6. The third-order valence-electron chi connectivity index (χ3n) is 1.64. The van der Waals surface area contributed by atoms with Crippen molar-refractivity contribution in [3.63, 3.8) is 0 Å². The van der Waals surface area contributed by atoms with Gasteiger partial charge in [0.15, 0.2) is 5.78 Å². The fourth-order valence-electron chi connectivity index (χ4n) is 1.05. The Morgan fingerprint density at radius 2 is 1.77 bits per heavy atom. The van der Waals surface area contributed by atoms with Crippen LogP contribution in [0.2, 0.25) is 19.6 Å². The van der Waals surface area contributed by atoms with Gasteiger partial charge in [-0.2, -0.15) is 0 Å². The molecule has 13 heavy (non-hydrogen) atoms. The Bertz CT molecular complexity index is 267. The predicted octanol–water partition coefficient (Wildman–Crippen LogP) is 3.32. The van der Waals surface area contributed by atoms with Crippen molar-refractivity contribution in [1.82, 2.24) is 0 Å². The molecule has 3 heteroatoms. The number of hydrogen-bond acceptors (Lipinski definition) is 1. The Hall–Kier alpha value is -0.113. The van der Waals surface area contributed by atoms with Crippen molar-refractivity contribution >= 4 is 29.8 Å². The standard InChI is InChI=1S/C10H17BrOSi/c1-8(7-11)6-10(9(2)12)13(3,4)5/h7H2,1-5H3. The van der Waals surface area contributed by atoms with Crippen LogP contribution in [0.5, 0.6) is 0 Å². The number of rotatable bonds is 3. The molecule has 0 aliphatic heterocycles. The maximum absolute atomic E-state index is 11.3. The first-order valence-electron chi connectivity index (χ1n) is 4.32. The summed E-state index contributed by atoms with van der Waals surface area (Å²) in [5.74, 6) is 0.166. The summed E-state index contributed by atoms with van der Waals surface area (Å²) >= 11 is 3.35. The van der Waals surface area contributed by atoms with Gasteiger partial charge in [-0.05, 0) is 19.4 Å². The number of alkyl halides is 1. The molecule has 0 atom stereocenters. The fraction of sp³-hybridized carbons (Fsp3) is 0.600. The van der Waals surface area contributed by atoms with Gasteiger partial charge in [0.25, 0.3) is 0 Å². The van der Waals surface area contributed by atoms with Crippen LogP contribution >= 0.6 is 15.9 Å². The predicted molar refractivity (Wildman–Crippen MR) is 64.0 cm³/mol. The van der Waals surface area contributed by atoms with Crippen molar-refractivity contribution < 1.29 is 4.79 Å². The van der Waals surface area contributed by atoms with Gasteiger partial charge in [-0.25, -0.2) is 0 Å². The highest BCUT2D eigenvalue weighted by Gasteiger charge is 2.22. The van der Waals surface area contributed by atoms with E-state index in [0.717, 1.165) is 16.1 Å². The quantitative estimate of drug-likeness (QED) is 0.329. The highest BCUT2D eigenvalue weighted by molar-refractivity contribution is 9.09. The van der Waals surface area contributed by atoms with Gasteiger partial charge in [0, 0.05) is 10.5 Å². The lowest BCUT2D eigenvalue weighted by molar-refractivity contribution is -0.113. The number of allylic oxidation sites excluding steroid dienone is 1. The molecule has 0 aliphatic carbocycles. The van der Waals surface area contributed by atoms with Gasteiger partial charge < -0.3 is 0 Å². The van der Waals surface area contributed by atoms with E-state index in [1.54, 1.807) is 6.92 Å². The highest BCUT2D eigenvalue weighted by Crippen LogP contribution is 2.15. The summed E-state index contributed by atoms with van der Waals surface area (Å²) in [5.41, 5.74) is 4.30. The molecule has 0 bridgehead atoms. The minimum absolute atomic E-state index is 0.166. The lowest BCUT2D eigenvalue weighted by atomic mass is 10.3. The zero-order chi connectivity index (χ0) is 10.6. The van der Waals surface area contributed by atoms with Crippen molar-refractivity contribution in [1.29, 1.82) is 0 Å². The molecule has 0 N–H and O–H groups in total. The molecule has 0 saturated carbocycles. The number of hydrogen-bond donors (Lipinski definition) is 0. The number of ketones is 1. The van der Waals surface area contributed by atoms with Gasteiger partial charge in [0.05, 0.1) is 8.07 Å². The number of halogens is 1. The van der Waals surface area contributed by atoms with Crippen LogP contribution in [0.1, 0.15) is 13.8 Å². The van der Waals surface area contributed by atoms with Crippen LogP contribution in [-0.2, 0) is 4.79 Å². The Kier molecular flexibility index (Phi) is 4.90. The first kappa shape index (κ1) is 12.9. The second-order valence-corrected chi connectivity index (χ2v) is 9.78. The lowest BCUT2D eigenvalue weighted by Crippen LogP contribution is -2.27. The summed E-state index contributed by atoms with van der Waals surface area (Å²) in [4.78, 5) is 11.3. The van der Waals surface area contributed by atoms with Gasteiger partial charge in [-0.1, -0.05) is 35.6 Å². The van der Waals surface area contributed by atoms with Crippen molar-refractivity contribution in [2.45, 2.75) is 33.5 Å². The van der Waals surface area contributed by atoms with Crippen molar-refractivity contribution in [3.8, 4) is 0 Å². The Morgan fingerprint density at radius 1 is 1.31 bits per heavy atom. The van der Waals surface area contributed by atoms with E-state index in [-0.39, 0.29) is 5.78 Å². The van der Waals surface area contributed by atoms with Crippen molar-refractivity contribution in [2.24, 2.45) is 0 Å². The third kappa shape index (κ3) is 4.60. The second-order valence-electron chi connectivity index (χ2n) is 4.22. The van der Waals surface area contributed by atoms with E-state index >= 15 is 0 Å². The summed E-state index contributed by atoms with van der Waals surface area (Å²) in [7, 11) is -1.51. The van der Waals surface area contributed by atoms with Crippen molar-refractivity contribution in [2.75, 3.05) is 5.33 Å². The number of carbonyl (C=O) groups excluding carboxylic acids is 1. The van der Waals surface area contributed by atoms with Crippen LogP contribution in [0.4, 0.5) is 0 Å². The van der Waals surface area contributed by atoms with Crippen LogP contribution in [0, 0.1) is 0 Å². The molecule has 0 rings (SSSR count). The smallest absolute Gasteiger partial charge is 0.159 e. The average molecular weight is 261 g/mol. The van der Waals surface area contributed by atoms with E-state index in [1.807, 2.05) is 6.92 Å². The zero-order valence-electron chi connectivity index (χ0n) is 8.99. The Labute approximate surface area is 90.1 Å². The second kappa shape index (κ2) is 4.94. The lowest BCUT2D eigenvalue weighted by Gasteiger charge is -2.15. The first-order valence-corrected chi connectivity index (χ1v) is 8.95. The molecule has 0 radical (unpaired) electrons. The van der Waals surface area contributed by atoms with E-state index in [1.165, 1.54) is 0 Å². The van der Waals surface area contributed by atoms with Gasteiger partial charge in [0.2, 0.25) is 0 Å². The summed E-state index contributed by atoms with van der Waals surface area (Å²) in [6.07, 6.45) is 0. The van der Waals surface area contributed by atoms with E-state index in [0.29, 0.717) is 0 Å². The van der Waals surface area contributed by atoms with E-state index in [4.69, 9.17) is 0 Å². The fourth-order valence-corrected chi connectivity index (χ4v) is 2.84. The molecular formula is C10H17BrOSi. The van der Waals surface area contributed by atoms with E-state index in [2.05, 4.69) is 41.3 Å². The minimum atomic E-state index is -1.51. The number of carbonyl (C=O) groups is 1. The summed E-state index contributed by atoms with van der Waals surface area (Å²) in [6, 6.07) is 0. The van der Waals surface area contributed by atoms with E-state index < -0.39 is 8.07 Å². The average Bonchev–Trinajstić information content (AvgIpc) is 1.96. The molecule has 0 aromatic carbocycles. The van der Waals surface area contributed by atoms with Crippen molar-refractivity contribution in [3.05, 3.63) is 16.5 Å². The monoisotopic (exact) mass is 260 g/mol. The molecule has 0 saturated heterocycles. The highest BCUT2D eigenvalue weighted by atomic mass is 79.9. The topological polar surface area (TPSA) is 17.1 Å². The SMILES string of the molecule is CC(=O)C(=C=C(C)CBr)[Si](C)(C)C. The minimum Gasteiger partial charge on any atom is -0.295 e. The van der Waals surface area contributed by atoms with Gasteiger partial charge >= 0.3 is 0 Å². The molecule has 0 amide bonds. The van der Waals surface area contributed by atoms with Gasteiger partial charge in [0.1, 0.15) is 0 Å². The molecule has 0 unspecified atom stereocenters. The van der Waals surface area contributed by atoms with Gasteiger partial charge in [-0.3, -0.25) is 4.79 Å². The molecule has 0 heterocycles.